The number of hydrogen-bond acceptors (Lipinski definition) is 5. The minimum Gasteiger partial charge on any atom is -0.508 e. The minimum absolute atomic E-state index is 0.108. The van der Waals surface area contributed by atoms with Crippen LogP contribution < -0.4 is 10.5 Å². The fraction of sp³-hybridized carbons (Fsp3) is 0.364. The quantitative estimate of drug-likeness (QED) is 0.521. The van der Waals surface area contributed by atoms with Crippen LogP contribution in [0.2, 0.25) is 0 Å². The van der Waals surface area contributed by atoms with Gasteiger partial charge in [-0.05, 0) is 98.1 Å². The first-order chi connectivity index (χ1) is 14.5. The Hall–Kier alpha value is -2.10. The highest BCUT2D eigenvalue weighted by molar-refractivity contribution is 9.11. The van der Waals surface area contributed by atoms with Crippen LogP contribution >= 0.6 is 31.9 Å². The molecule has 166 valence electrons. The Kier molecular flexibility index (Phi) is 6.98. The van der Waals surface area contributed by atoms with Crippen LogP contribution in [0.15, 0.2) is 27.1 Å². The highest BCUT2D eigenvalue weighted by atomic mass is 79.9. The lowest BCUT2D eigenvalue weighted by atomic mass is 9.91. The Labute approximate surface area is 197 Å². The SMILES string of the molecule is COc1c(Br)cc2c(c1Br)CN(C(=O)[C@H](N)Cc1c(C)cc(O)cc1C)[C@H](C(=O)O)C2. The molecule has 1 heterocycles. The molecule has 4 N–H and O–H groups in total. The van der Waals surface area contributed by atoms with Crippen LogP contribution in [0.25, 0.3) is 0 Å². The Balaban J connectivity index is 1.93. The van der Waals surface area contributed by atoms with Crippen LogP contribution in [0.3, 0.4) is 0 Å². The number of hydrogen-bond donors (Lipinski definition) is 3. The Morgan fingerprint density at radius 3 is 2.42 bits per heavy atom. The van der Waals surface area contributed by atoms with Crippen molar-refractivity contribution in [2.24, 2.45) is 5.73 Å². The standard InChI is InChI=1S/C22H24Br2N2O5/c1-10-4-13(27)5-11(2)14(10)8-17(25)21(28)26-9-15-12(7-18(26)22(29)30)6-16(23)20(31-3)19(15)24/h4-6,17-18,27H,7-9,25H2,1-3H3,(H,29,30)/t17-,18+/m1/s1. The molecule has 0 unspecified atom stereocenters. The number of aromatic hydroxyl groups is 1. The van der Waals surface area contributed by atoms with Crippen molar-refractivity contribution in [3.05, 3.63) is 55.0 Å². The lowest BCUT2D eigenvalue weighted by Gasteiger charge is -2.37. The smallest absolute Gasteiger partial charge is 0.326 e. The van der Waals surface area contributed by atoms with E-state index in [0.29, 0.717) is 14.7 Å². The van der Waals surface area contributed by atoms with Gasteiger partial charge in [0.05, 0.1) is 22.1 Å². The van der Waals surface area contributed by atoms with E-state index in [1.165, 1.54) is 4.90 Å². The number of amides is 1. The van der Waals surface area contributed by atoms with E-state index < -0.39 is 24.0 Å². The Bertz CT molecular complexity index is 1030. The van der Waals surface area contributed by atoms with E-state index in [9.17, 15) is 19.8 Å². The Morgan fingerprint density at radius 2 is 1.87 bits per heavy atom. The molecule has 0 aliphatic carbocycles. The maximum atomic E-state index is 13.3. The van der Waals surface area contributed by atoms with Gasteiger partial charge in [0.25, 0.3) is 0 Å². The molecule has 0 bridgehead atoms. The zero-order valence-electron chi connectivity index (χ0n) is 17.4. The highest BCUT2D eigenvalue weighted by Crippen LogP contribution is 2.41. The summed E-state index contributed by atoms with van der Waals surface area (Å²) in [5.74, 6) is -0.772. The third-order valence-corrected chi connectivity index (χ3v) is 7.11. The van der Waals surface area contributed by atoms with E-state index in [4.69, 9.17) is 10.5 Å². The molecular formula is C22H24Br2N2O5. The number of ether oxygens (including phenoxy) is 1. The number of carboxylic acid groups (broad SMARTS) is 1. The molecule has 1 aliphatic rings. The number of nitrogens with two attached hydrogens (primary N) is 1. The van der Waals surface area contributed by atoms with Crippen molar-refractivity contribution in [3.63, 3.8) is 0 Å². The molecule has 31 heavy (non-hydrogen) atoms. The molecule has 0 radical (unpaired) electrons. The second-order valence-corrected chi connectivity index (χ2v) is 9.38. The number of phenols is 1. The molecule has 0 saturated carbocycles. The maximum Gasteiger partial charge on any atom is 0.326 e. The van der Waals surface area contributed by atoms with E-state index in [0.717, 1.165) is 27.8 Å². The zero-order valence-corrected chi connectivity index (χ0v) is 20.6. The van der Waals surface area contributed by atoms with Crippen LogP contribution in [0, 0.1) is 13.8 Å². The number of carbonyl (C=O) groups is 2. The molecule has 2 aromatic rings. The van der Waals surface area contributed by atoms with Crippen molar-refractivity contribution < 1.29 is 24.5 Å². The normalized spacial score (nSPS) is 16.6. The third-order valence-electron chi connectivity index (χ3n) is 5.68. The summed E-state index contributed by atoms with van der Waals surface area (Å²) in [6.07, 6.45) is 0.416. The second kappa shape index (κ2) is 9.18. The van der Waals surface area contributed by atoms with E-state index in [1.807, 2.05) is 19.9 Å². The molecule has 2 aromatic carbocycles. The Morgan fingerprint density at radius 1 is 1.26 bits per heavy atom. The van der Waals surface area contributed by atoms with Gasteiger partial charge < -0.3 is 25.6 Å². The predicted molar refractivity (Wildman–Crippen MR) is 123 cm³/mol. The summed E-state index contributed by atoms with van der Waals surface area (Å²) >= 11 is 6.98. The van der Waals surface area contributed by atoms with Crippen molar-refractivity contribution in [1.82, 2.24) is 4.90 Å². The average molecular weight is 556 g/mol. The molecule has 2 atom stereocenters. The molecule has 0 fully saturated rings. The first kappa shape index (κ1) is 23.6. The van der Waals surface area contributed by atoms with E-state index in [-0.39, 0.29) is 25.1 Å². The summed E-state index contributed by atoms with van der Waals surface area (Å²) in [5.41, 5.74) is 10.4. The zero-order chi connectivity index (χ0) is 23.0. The van der Waals surface area contributed by atoms with Crippen LogP contribution in [0.4, 0.5) is 0 Å². The maximum absolute atomic E-state index is 13.3. The first-order valence-electron chi connectivity index (χ1n) is 9.66. The van der Waals surface area contributed by atoms with Gasteiger partial charge in [0.1, 0.15) is 17.5 Å². The van der Waals surface area contributed by atoms with Crippen LogP contribution in [-0.4, -0.2) is 46.2 Å². The number of halogens is 2. The lowest BCUT2D eigenvalue weighted by Crippen LogP contribution is -2.54. The van der Waals surface area contributed by atoms with Crippen LogP contribution in [0.1, 0.15) is 27.8 Å². The van der Waals surface area contributed by atoms with Gasteiger partial charge in [-0.25, -0.2) is 4.79 Å². The second-order valence-electron chi connectivity index (χ2n) is 7.74. The summed E-state index contributed by atoms with van der Waals surface area (Å²) in [5, 5.41) is 19.6. The summed E-state index contributed by atoms with van der Waals surface area (Å²) < 4.78 is 6.80. The molecule has 0 saturated heterocycles. The number of carbonyl (C=O) groups excluding carboxylic acids is 1. The molecular weight excluding hydrogens is 532 g/mol. The fourth-order valence-corrected chi connectivity index (χ4v) is 5.75. The number of nitrogens with zero attached hydrogens (tertiary/aromatic N) is 1. The van der Waals surface area contributed by atoms with Gasteiger partial charge in [0.2, 0.25) is 5.91 Å². The summed E-state index contributed by atoms with van der Waals surface area (Å²) in [6.45, 7) is 3.80. The molecule has 3 rings (SSSR count). The average Bonchev–Trinajstić information content (AvgIpc) is 2.69. The number of carboxylic acids is 1. The van der Waals surface area contributed by atoms with E-state index in [1.54, 1.807) is 19.2 Å². The molecule has 9 heteroatoms. The molecule has 0 aromatic heterocycles. The predicted octanol–water partition coefficient (Wildman–Crippen LogP) is 3.45. The number of fused-ring (bicyclic) bond motifs is 1. The van der Waals surface area contributed by atoms with Crippen molar-refractivity contribution in [3.8, 4) is 11.5 Å². The monoisotopic (exact) mass is 554 g/mol. The van der Waals surface area contributed by atoms with Gasteiger partial charge in [-0.1, -0.05) is 0 Å². The number of methoxy groups -OCH3 is 1. The topological polar surface area (TPSA) is 113 Å². The first-order valence-corrected chi connectivity index (χ1v) is 11.2. The van der Waals surface area contributed by atoms with Crippen LogP contribution in [-0.2, 0) is 29.0 Å². The van der Waals surface area contributed by atoms with Crippen molar-refractivity contribution in [2.45, 2.75) is 45.3 Å². The fourth-order valence-electron chi connectivity index (χ4n) is 4.09. The number of aliphatic carboxylic acids is 1. The van der Waals surface area contributed by atoms with Crippen LogP contribution in [0.5, 0.6) is 11.5 Å². The van der Waals surface area contributed by atoms with Gasteiger partial charge in [0.15, 0.2) is 0 Å². The summed E-state index contributed by atoms with van der Waals surface area (Å²) in [6, 6.07) is 3.15. The molecule has 7 nitrogen and oxygen atoms in total. The van der Waals surface area contributed by atoms with Gasteiger partial charge in [0, 0.05) is 13.0 Å². The van der Waals surface area contributed by atoms with E-state index >= 15 is 0 Å². The largest absolute Gasteiger partial charge is 0.508 e. The van der Waals surface area contributed by atoms with Crippen molar-refractivity contribution in [2.75, 3.05) is 7.11 Å². The number of benzene rings is 2. The third kappa shape index (κ3) is 4.58. The van der Waals surface area contributed by atoms with Gasteiger partial charge in [-0.15, -0.1) is 0 Å². The van der Waals surface area contributed by atoms with Crippen molar-refractivity contribution >= 4 is 43.7 Å². The number of aryl methyl sites for hydroxylation is 2. The van der Waals surface area contributed by atoms with E-state index in [2.05, 4.69) is 31.9 Å². The molecule has 1 aliphatic heterocycles. The van der Waals surface area contributed by atoms with Crippen molar-refractivity contribution in [1.29, 1.82) is 0 Å². The van der Waals surface area contributed by atoms with Gasteiger partial charge in [-0.3, -0.25) is 4.79 Å². The van der Waals surface area contributed by atoms with Gasteiger partial charge in [-0.2, -0.15) is 0 Å². The summed E-state index contributed by atoms with van der Waals surface area (Å²) in [7, 11) is 1.54. The number of rotatable bonds is 5. The molecule has 0 spiro atoms. The summed E-state index contributed by atoms with van der Waals surface area (Å²) in [4.78, 5) is 26.6. The minimum atomic E-state index is -1.08. The number of phenolic OH excluding ortho intramolecular Hbond substituents is 1. The highest BCUT2D eigenvalue weighted by Gasteiger charge is 2.38. The lowest BCUT2D eigenvalue weighted by molar-refractivity contribution is -0.152. The molecule has 1 amide bonds. The van der Waals surface area contributed by atoms with Gasteiger partial charge >= 0.3 is 5.97 Å².